The summed E-state index contributed by atoms with van der Waals surface area (Å²) in [5, 5.41) is 0. The molecule has 0 aromatic heterocycles. The Balaban J connectivity index is 2.54. The van der Waals surface area contributed by atoms with Gasteiger partial charge in [0.1, 0.15) is 11.4 Å². The molecular formula is C13H14N3+. The third-order valence-electron chi connectivity index (χ3n) is 2.29. The van der Waals surface area contributed by atoms with Crippen LogP contribution in [0.15, 0.2) is 60.7 Å². The van der Waals surface area contributed by atoms with E-state index < -0.39 is 0 Å². The second kappa shape index (κ2) is 4.49. The summed E-state index contributed by atoms with van der Waals surface area (Å²) in [4.78, 5) is 0. The van der Waals surface area contributed by atoms with Crippen LogP contribution in [0.3, 0.4) is 0 Å². The average Bonchev–Trinajstić information content (AvgIpc) is 2.31. The van der Waals surface area contributed by atoms with Crippen molar-refractivity contribution in [1.82, 2.24) is 4.58 Å². The van der Waals surface area contributed by atoms with E-state index in [4.69, 9.17) is 11.5 Å². The lowest BCUT2D eigenvalue weighted by molar-refractivity contribution is 1.05. The van der Waals surface area contributed by atoms with Gasteiger partial charge in [-0.3, -0.25) is 11.5 Å². The van der Waals surface area contributed by atoms with E-state index in [1.54, 1.807) is 4.58 Å². The van der Waals surface area contributed by atoms with E-state index in [1.165, 1.54) is 0 Å². The Morgan fingerprint density at radius 1 is 0.688 bits per heavy atom. The molecule has 80 valence electrons. The average molecular weight is 212 g/mol. The normalized spacial score (nSPS) is 9.75. The second-order valence-corrected chi connectivity index (χ2v) is 3.43. The van der Waals surface area contributed by atoms with Crippen molar-refractivity contribution in [2.45, 2.75) is 0 Å². The van der Waals surface area contributed by atoms with E-state index in [0.29, 0.717) is 0 Å². The number of nitrogens with zero attached hydrogens (tertiary/aromatic N) is 1. The van der Waals surface area contributed by atoms with E-state index >= 15 is 0 Å². The lowest BCUT2D eigenvalue weighted by Gasteiger charge is -2.08. The van der Waals surface area contributed by atoms with Gasteiger partial charge >= 0.3 is 5.96 Å². The second-order valence-electron chi connectivity index (χ2n) is 3.43. The molecule has 2 aromatic carbocycles. The molecule has 0 radical (unpaired) electrons. The van der Waals surface area contributed by atoms with Gasteiger partial charge in [-0.15, -0.1) is 0 Å². The van der Waals surface area contributed by atoms with E-state index in [2.05, 4.69) is 0 Å². The highest BCUT2D eigenvalue weighted by Crippen LogP contribution is 2.18. The Bertz CT molecular complexity index is 444. The highest BCUT2D eigenvalue weighted by molar-refractivity contribution is 5.83. The van der Waals surface area contributed by atoms with Crippen molar-refractivity contribution in [2.75, 3.05) is 0 Å². The zero-order chi connectivity index (χ0) is 11.4. The summed E-state index contributed by atoms with van der Waals surface area (Å²) >= 11 is 0. The predicted molar refractivity (Wildman–Crippen MR) is 67.7 cm³/mol. The molecule has 0 atom stereocenters. The van der Waals surface area contributed by atoms with Crippen molar-refractivity contribution in [2.24, 2.45) is 11.5 Å². The maximum Gasteiger partial charge on any atom is 0.351 e. The molecule has 16 heavy (non-hydrogen) atoms. The largest absolute Gasteiger partial charge is 0.351 e. The molecule has 0 aliphatic heterocycles. The third-order valence-corrected chi connectivity index (χ3v) is 2.29. The molecule has 0 saturated heterocycles. The van der Waals surface area contributed by atoms with Gasteiger partial charge in [0, 0.05) is 0 Å². The Morgan fingerprint density at radius 3 is 1.38 bits per heavy atom. The van der Waals surface area contributed by atoms with Crippen molar-refractivity contribution in [3.05, 3.63) is 60.7 Å². The number of benzene rings is 2. The molecule has 2 aromatic rings. The van der Waals surface area contributed by atoms with Crippen molar-refractivity contribution in [3.8, 4) is 0 Å². The number of guanidine groups is 1. The minimum absolute atomic E-state index is 0.261. The summed E-state index contributed by atoms with van der Waals surface area (Å²) in [5.41, 5.74) is 13.3. The van der Waals surface area contributed by atoms with Crippen LogP contribution in [0, 0.1) is 0 Å². The summed E-state index contributed by atoms with van der Waals surface area (Å²) in [6.07, 6.45) is 0. The first kappa shape index (κ1) is 10.2. The molecule has 0 saturated carbocycles. The molecule has 0 unspecified atom stereocenters. The van der Waals surface area contributed by atoms with Crippen molar-refractivity contribution >= 4 is 17.3 Å². The fourth-order valence-electron chi connectivity index (χ4n) is 1.60. The SMILES string of the molecule is NC(N)=[N+](c1ccccc1)c1ccccc1. The first-order valence-corrected chi connectivity index (χ1v) is 5.07. The highest BCUT2D eigenvalue weighted by atomic mass is 15.1. The summed E-state index contributed by atoms with van der Waals surface area (Å²) in [7, 11) is 0. The van der Waals surface area contributed by atoms with Crippen LogP contribution in [-0.2, 0) is 0 Å². The van der Waals surface area contributed by atoms with Crippen LogP contribution < -0.4 is 16.0 Å². The van der Waals surface area contributed by atoms with Gasteiger partial charge in [0.15, 0.2) is 0 Å². The van der Waals surface area contributed by atoms with E-state index in [-0.39, 0.29) is 5.96 Å². The summed E-state index contributed by atoms with van der Waals surface area (Å²) in [6, 6.07) is 19.6. The van der Waals surface area contributed by atoms with Crippen LogP contribution in [0.1, 0.15) is 0 Å². The third kappa shape index (κ3) is 2.03. The van der Waals surface area contributed by atoms with Gasteiger partial charge in [-0.05, 0) is 24.3 Å². The van der Waals surface area contributed by atoms with Crippen LogP contribution in [-0.4, -0.2) is 5.96 Å². The molecule has 0 aliphatic rings. The monoisotopic (exact) mass is 212 g/mol. The van der Waals surface area contributed by atoms with Crippen LogP contribution in [0.25, 0.3) is 0 Å². The topological polar surface area (TPSA) is 55.0 Å². The van der Waals surface area contributed by atoms with E-state index in [9.17, 15) is 0 Å². The number of nitrogens with two attached hydrogens (primary N) is 2. The van der Waals surface area contributed by atoms with Gasteiger partial charge in [-0.25, -0.2) is 0 Å². The quantitative estimate of drug-likeness (QED) is 0.453. The summed E-state index contributed by atoms with van der Waals surface area (Å²) < 4.78 is 1.81. The van der Waals surface area contributed by atoms with Crippen molar-refractivity contribution < 1.29 is 0 Å². The first-order chi connectivity index (χ1) is 7.79. The van der Waals surface area contributed by atoms with Gasteiger partial charge < -0.3 is 0 Å². The molecule has 0 spiro atoms. The number of hydrogen-bond donors (Lipinski definition) is 2. The standard InChI is InChI=1S/C13H13N3/c14-13(15)16(11-7-3-1-4-8-11)12-9-5-2-6-10-12/h1-10H,(H3,14,15)/p+1. The molecule has 4 N–H and O–H groups in total. The molecule has 0 heterocycles. The Labute approximate surface area is 94.6 Å². The summed E-state index contributed by atoms with van der Waals surface area (Å²) in [5.74, 6) is 0.261. The predicted octanol–water partition coefficient (Wildman–Crippen LogP) is 1.79. The molecule has 0 aliphatic carbocycles. The fourth-order valence-corrected chi connectivity index (χ4v) is 1.60. The van der Waals surface area contributed by atoms with Crippen molar-refractivity contribution in [1.29, 1.82) is 0 Å². The Kier molecular flexibility index (Phi) is 2.87. The van der Waals surface area contributed by atoms with Gasteiger partial charge in [-0.2, -0.15) is 4.58 Å². The van der Waals surface area contributed by atoms with Gasteiger partial charge in [0.25, 0.3) is 0 Å². The summed E-state index contributed by atoms with van der Waals surface area (Å²) in [6.45, 7) is 0. The highest BCUT2D eigenvalue weighted by Gasteiger charge is 2.09. The minimum atomic E-state index is 0.261. The Morgan fingerprint density at radius 2 is 1.06 bits per heavy atom. The molecule has 0 fully saturated rings. The smallest absolute Gasteiger partial charge is 0.290 e. The van der Waals surface area contributed by atoms with Crippen LogP contribution in [0.2, 0.25) is 0 Å². The van der Waals surface area contributed by atoms with E-state index in [0.717, 1.165) is 11.4 Å². The molecule has 2 rings (SSSR count). The zero-order valence-electron chi connectivity index (χ0n) is 8.88. The number of rotatable bonds is 2. The van der Waals surface area contributed by atoms with Gasteiger partial charge in [0.2, 0.25) is 0 Å². The molecule has 3 nitrogen and oxygen atoms in total. The molecular weight excluding hydrogens is 198 g/mol. The zero-order valence-corrected chi connectivity index (χ0v) is 8.88. The number of para-hydroxylation sites is 2. The molecule has 0 amide bonds. The molecule has 3 heteroatoms. The number of hydrogen-bond acceptors (Lipinski definition) is 0. The van der Waals surface area contributed by atoms with Crippen LogP contribution >= 0.6 is 0 Å². The fraction of sp³-hybridized carbons (Fsp3) is 0. The first-order valence-electron chi connectivity index (χ1n) is 5.07. The van der Waals surface area contributed by atoms with Crippen LogP contribution in [0.5, 0.6) is 0 Å². The maximum atomic E-state index is 5.72. The maximum absolute atomic E-state index is 5.72. The van der Waals surface area contributed by atoms with Gasteiger partial charge in [-0.1, -0.05) is 36.4 Å². The van der Waals surface area contributed by atoms with Gasteiger partial charge in [0.05, 0.1) is 0 Å². The molecule has 0 bridgehead atoms. The van der Waals surface area contributed by atoms with Crippen molar-refractivity contribution in [3.63, 3.8) is 0 Å². The van der Waals surface area contributed by atoms with Crippen LogP contribution in [0.4, 0.5) is 11.4 Å². The minimum Gasteiger partial charge on any atom is -0.290 e. The lowest BCUT2D eigenvalue weighted by atomic mass is 10.2. The van der Waals surface area contributed by atoms with E-state index in [1.807, 2.05) is 60.7 Å². The lowest BCUT2D eigenvalue weighted by Crippen LogP contribution is -2.33. The Hall–Kier alpha value is -2.29.